The molecule has 0 spiro atoms. The number of carboxylic acid groups (broad SMARTS) is 1. The summed E-state index contributed by atoms with van der Waals surface area (Å²) in [5.41, 5.74) is 0.227. The molecule has 0 radical (unpaired) electrons. The minimum absolute atomic E-state index is 0.0247. The first-order chi connectivity index (χ1) is 29.4. The molecule has 0 aromatic heterocycles. The van der Waals surface area contributed by atoms with E-state index in [-0.39, 0.29) is 45.0 Å². The zero-order chi connectivity index (χ0) is 46.0. The summed E-state index contributed by atoms with van der Waals surface area (Å²) in [6.07, 6.45) is -9.91. The highest BCUT2D eigenvalue weighted by Crippen LogP contribution is 2.76. The van der Waals surface area contributed by atoms with Crippen molar-refractivity contribution in [3.05, 3.63) is 11.6 Å². The minimum atomic E-state index is -1.73. The van der Waals surface area contributed by atoms with Gasteiger partial charge in [-0.05, 0) is 116 Å². The second-order valence-corrected chi connectivity index (χ2v) is 23.0. The smallest absolute Gasteiger partial charge is 0.310 e. The van der Waals surface area contributed by atoms with Crippen molar-refractivity contribution >= 4 is 5.97 Å². The second-order valence-electron chi connectivity index (χ2n) is 23.0. The molecule has 0 aromatic rings. The quantitative estimate of drug-likeness (QED) is 0.119. The molecule has 7 fully saturated rings. The number of aliphatic carboxylic acids is 1. The maximum Gasteiger partial charge on any atom is 0.310 e. The molecule has 0 amide bonds. The van der Waals surface area contributed by atoms with Crippen molar-refractivity contribution < 1.29 is 79.2 Å². The summed E-state index contributed by atoms with van der Waals surface area (Å²) in [4.78, 5) is 13.1. The molecule has 5 aliphatic carbocycles. The van der Waals surface area contributed by atoms with Crippen LogP contribution < -0.4 is 0 Å². The highest BCUT2D eigenvalue weighted by atomic mass is 16.8. The summed E-state index contributed by atoms with van der Waals surface area (Å²) in [5.74, 6) is 0.0314. The number of allylic oxidation sites excluding steroid dienone is 2. The molecule has 16 heteroatoms. The van der Waals surface area contributed by atoms with Crippen LogP contribution in [0.15, 0.2) is 11.6 Å². The summed E-state index contributed by atoms with van der Waals surface area (Å²) in [6, 6.07) is 0. The number of hydrogen-bond donors (Lipinski definition) is 9. The average Bonchev–Trinajstić information content (AvgIpc) is 3.52. The first-order valence-electron chi connectivity index (χ1n) is 23.6. The molecule has 22 atom stereocenters. The molecule has 16 nitrogen and oxygen atoms in total. The summed E-state index contributed by atoms with van der Waals surface area (Å²) >= 11 is 0. The summed E-state index contributed by atoms with van der Waals surface area (Å²) in [7, 11) is 0. The van der Waals surface area contributed by atoms with Gasteiger partial charge < -0.3 is 74.4 Å². The van der Waals surface area contributed by atoms with Crippen molar-refractivity contribution in [2.24, 2.45) is 50.2 Å². The monoisotopic (exact) mass is 897 g/mol. The van der Waals surface area contributed by atoms with Crippen LogP contribution in [0.5, 0.6) is 0 Å². The van der Waals surface area contributed by atoms with E-state index < -0.39 is 111 Å². The molecular formula is C47H76O16. The van der Waals surface area contributed by atoms with E-state index in [2.05, 4.69) is 54.5 Å². The Balaban J connectivity index is 0.999. The average molecular weight is 897 g/mol. The van der Waals surface area contributed by atoms with Gasteiger partial charge in [0.05, 0.1) is 30.8 Å². The highest BCUT2D eigenvalue weighted by molar-refractivity contribution is 5.76. The fourth-order valence-electron chi connectivity index (χ4n) is 14.8. The first kappa shape index (κ1) is 48.1. The third-order valence-electron chi connectivity index (χ3n) is 18.9. The lowest BCUT2D eigenvalue weighted by molar-refractivity contribution is -0.352. The van der Waals surface area contributed by atoms with Gasteiger partial charge in [-0.2, -0.15) is 0 Å². The molecular weight excluding hydrogens is 821 g/mol. The predicted molar refractivity (Wildman–Crippen MR) is 223 cm³/mol. The SMILES string of the molecule is C[C@H]1O[C@@H](O[C@H]2CC[C@@]3(C)[C@H]4CC=C5[C@H]6CC(C)(C)CC[C@]6(C(=O)O)CC[C@]5(C)[C@@]4(C)CC[C@H]3C2(C)C)[C@H](O)[C@H](O[C@H]2O[C@H]([C@H](O)CO)[C@H](O)[C@H]2O[C@H]2OC[C@H](O)[C@@H](O)[C@@H]2O)[C@H]1O. The van der Waals surface area contributed by atoms with Crippen LogP contribution in [0, 0.1) is 50.2 Å². The van der Waals surface area contributed by atoms with Gasteiger partial charge in [0, 0.05) is 0 Å². The normalized spacial score (nSPS) is 53.3. The van der Waals surface area contributed by atoms with E-state index in [0.29, 0.717) is 18.8 Å². The lowest BCUT2D eigenvalue weighted by atomic mass is 9.33. The van der Waals surface area contributed by atoms with Crippen molar-refractivity contribution in [1.29, 1.82) is 0 Å². The molecule has 0 aromatic carbocycles. The predicted octanol–water partition coefficient (Wildman–Crippen LogP) is 2.37. The number of ether oxygens (including phenoxy) is 6. The number of aliphatic hydroxyl groups is 8. The Morgan fingerprint density at radius 2 is 1.44 bits per heavy atom. The third kappa shape index (κ3) is 7.51. The van der Waals surface area contributed by atoms with Crippen LogP contribution in [-0.4, -0.2) is 157 Å². The lowest BCUT2D eigenvalue weighted by Crippen LogP contribution is -2.66. The van der Waals surface area contributed by atoms with Crippen LogP contribution >= 0.6 is 0 Å². The Kier molecular flexibility index (Phi) is 12.8. The van der Waals surface area contributed by atoms with Gasteiger partial charge in [0.15, 0.2) is 18.9 Å². The Bertz CT molecular complexity index is 1720. The Labute approximate surface area is 371 Å². The van der Waals surface area contributed by atoms with Crippen LogP contribution in [0.4, 0.5) is 0 Å². The highest BCUT2D eigenvalue weighted by Gasteiger charge is 2.70. The molecule has 8 aliphatic rings. The minimum Gasteiger partial charge on any atom is -0.481 e. The lowest BCUT2D eigenvalue weighted by Gasteiger charge is -2.71. The Hall–Kier alpha value is -1.35. The largest absolute Gasteiger partial charge is 0.481 e. The molecule has 0 unspecified atom stereocenters. The summed E-state index contributed by atoms with van der Waals surface area (Å²) in [5, 5.41) is 96.2. The van der Waals surface area contributed by atoms with Crippen LogP contribution in [0.3, 0.4) is 0 Å². The van der Waals surface area contributed by atoms with Gasteiger partial charge >= 0.3 is 5.97 Å². The second kappa shape index (κ2) is 16.7. The molecule has 3 saturated heterocycles. The van der Waals surface area contributed by atoms with E-state index >= 15 is 0 Å². The Morgan fingerprint density at radius 3 is 2.13 bits per heavy atom. The van der Waals surface area contributed by atoms with E-state index in [1.807, 2.05) is 0 Å². The third-order valence-corrected chi connectivity index (χ3v) is 18.9. The van der Waals surface area contributed by atoms with E-state index in [1.165, 1.54) is 5.57 Å². The molecule has 63 heavy (non-hydrogen) atoms. The van der Waals surface area contributed by atoms with Gasteiger partial charge in [-0.25, -0.2) is 0 Å². The van der Waals surface area contributed by atoms with E-state index in [1.54, 1.807) is 6.92 Å². The first-order valence-corrected chi connectivity index (χ1v) is 23.6. The van der Waals surface area contributed by atoms with E-state index in [0.717, 1.165) is 51.4 Å². The van der Waals surface area contributed by atoms with Crippen molar-refractivity contribution in [2.75, 3.05) is 13.2 Å². The van der Waals surface area contributed by atoms with Crippen LogP contribution in [0.25, 0.3) is 0 Å². The number of carbonyl (C=O) groups is 1. The van der Waals surface area contributed by atoms with Gasteiger partial charge in [0.2, 0.25) is 0 Å². The van der Waals surface area contributed by atoms with Gasteiger partial charge in [-0.15, -0.1) is 0 Å². The zero-order valence-corrected chi connectivity index (χ0v) is 38.3. The number of rotatable bonds is 9. The summed E-state index contributed by atoms with van der Waals surface area (Å²) in [6.45, 7) is 16.9. The number of fused-ring (bicyclic) bond motifs is 7. The van der Waals surface area contributed by atoms with Crippen molar-refractivity contribution in [2.45, 2.75) is 212 Å². The van der Waals surface area contributed by atoms with Crippen LogP contribution in [-0.2, 0) is 33.2 Å². The van der Waals surface area contributed by atoms with E-state index in [9.17, 15) is 50.8 Å². The van der Waals surface area contributed by atoms with E-state index in [4.69, 9.17) is 28.4 Å². The molecule has 0 bridgehead atoms. The van der Waals surface area contributed by atoms with Crippen molar-refractivity contribution in [1.82, 2.24) is 0 Å². The van der Waals surface area contributed by atoms with Gasteiger partial charge in [0.25, 0.3) is 0 Å². The molecule has 8 rings (SSSR count). The fourth-order valence-corrected chi connectivity index (χ4v) is 14.8. The number of carboxylic acids is 1. The Morgan fingerprint density at radius 1 is 0.762 bits per heavy atom. The molecule has 3 aliphatic heterocycles. The molecule has 9 N–H and O–H groups in total. The molecule has 360 valence electrons. The number of aliphatic hydroxyl groups excluding tert-OH is 8. The van der Waals surface area contributed by atoms with Gasteiger partial charge in [0.1, 0.15) is 61.0 Å². The standard InChI is InChI=1S/C47H76O16/c1-22-30(51)36(62-40-37(33(54)35(61-40)25(49)20-48)63-38-32(53)31(52)26(50)21-58-38)34(55)39(59-22)60-29-12-13-44(6)27(43(29,4)5)11-14-46(8)28(44)10-9-23-24-19-42(2,3)15-17-47(24,41(56)57)18-16-45(23,46)7/h9,22,24-40,48-55H,10-21H2,1-8H3,(H,56,57)/t22-,24-,25-,26+,27+,28-,29+,30+,31-,32+,33+,34-,35-,36-,37-,38-,39+,40-,44-,45+,46+,47+/m1/s1. The zero-order valence-electron chi connectivity index (χ0n) is 38.3. The fraction of sp³-hybridized carbons (Fsp3) is 0.936. The van der Waals surface area contributed by atoms with Gasteiger partial charge in [-0.1, -0.05) is 60.1 Å². The maximum absolute atomic E-state index is 13.1. The summed E-state index contributed by atoms with van der Waals surface area (Å²) < 4.78 is 36.2. The maximum atomic E-state index is 13.1. The molecule has 3 heterocycles. The van der Waals surface area contributed by atoms with Crippen LogP contribution in [0.1, 0.15) is 120 Å². The topological polar surface area (TPSA) is 255 Å². The molecule has 4 saturated carbocycles. The van der Waals surface area contributed by atoms with Crippen molar-refractivity contribution in [3.63, 3.8) is 0 Å². The van der Waals surface area contributed by atoms with Crippen LogP contribution in [0.2, 0.25) is 0 Å². The van der Waals surface area contributed by atoms with Gasteiger partial charge in [-0.3, -0.25) is 4.79 Å². The number of hydrogen-bond acceptors (Lipinski definition) is 15. The van der Waals surface area contributed by atoms with Crippen molar-refractivity contribution in [3.8, 4) is 0 Å².